The molecule has 1 saturated carbocycles. The normalized spacial score (nSPS) is 28.1. The van der Waals surface area contributed by atoms with Crippen molar-refractivity contribution in [2.75, 3.05) is 26.2 Å². The van der Waals surface area contributed by atoms with Crippen LogP contribution in [0.4, 0.5) is 0 Å². The van der Waals surface area contributed by atoms with Crippen molar-refractivity contribution in [1.29, 1.82) is 0 Å². The summed E-state index contributed by atoms with van der Waals surface area (Å²) in [6.45, 7) is 18.8. The minimum atomic E-state index is 0.234. The van der Waals surface area contributed by atoms with Crippen molar-refractivity contribution >= 4 is 0 Å². The SMILES string of the molecule is CCCN(CC)CC1(CNC(C)(C)C)CCC(C)CC1. The predicted octanol–water partition coefficient (Wildman–Crippen LogP) is 4.30. The van der Waals surface area contributed by atoms with Gasteiger partial charge in [0.05, 0.1) is 0 Å². The molecule has 1 N–H and O–H groups in total. The van der Waals surface area contributed by atoms with Crippen LogP contribution < -0.4 is 5.32 Å². The summed E-state index contributed by atoms with van der Waals surface area (Å²) < 4.78 is 0. The molecule has 0 atom stereocenters. The number of nitrogens with one attached hydrogen (secondary N) is 1. The first-order chi connectivity index (χ1) is 9.30. The van der Waals surface area contributed by atoms with E-state index < -0.39 is 0 Å². The fourth-order valence-corrected chi connectivity index (χ4v) is 3.36. The van der Waals surface area contributed by atoms with E-state index in [1.165, 1.54) is 58.3 Å². The molecule has 120 valence electrons. The fraction of sp³-hybridized carbons (Fsp3) is 1.00. The van der Waals surface area contributed by atoms with E-state index in [0.29, 0.717) is 5.41 Å². The van der Waals surface area contributed by atoms with Gasteiger partial charge in [-0.25, -0.2) is 0 Å². The van der Waals surface area contributed by atoms with Crippen LogP contribution in [0.1, 0.15) is 73.6 Å². The van der Waals surface area contributed by atoms with E-state index in [1.54, 1.807) is 0 Å². The molecule has 0 spiro atoms. The Morgan fingerprint density at radius 2 is 1.75 bits per heavy atom. The predicted molar refractivity (Wildman–Crippen MR) is 90.2 cm³/mol. The molecule has 0 aliphatic heterocycles. The van der Waals surface area contributed by atoms with Gasteiger partial charge in [0.1, 0.15) is 0 Å². The second kappa shape index (κ2) is 7.79. The minimum Gasteiger partial charge on any atom is -0.311 e. The van der Waals surface area contributed by atoms with E-state index in [-0.39, 0.29) is 5.54 Å². The molecule has 1 rings (SSSR count). The van der Waals surface area contributed by atoms with Crippen LogP contribution in [0.3, 0.4) is 0 Å². The third-order valence-corrected chi connectivity index (χ3v) is 4.87. The summed E-state index contributed by atoms with van der Waals surface area (Å²) in [7, 11) is 0. The maximum atomic E-state index is 3.79. The van der Waals surface area contributed by atoms with E-state index in [9.17, 15) is 0 Å². The van der Waals surface area contributed by atoms with E-state index in [2.05, 4.69) is 51.8 Å². The molecule has 0 bridgehead atoms. The molecular weight excluding hydrogens is 244 g/mol. The van der Waals surface area contributed by atoms with Crippen molar-refractivity contribution in [2.24, 2.45) is 11.3 Å². The summed E-state index contributed by atoms with van der Waals surface area (Å²) in [5.41, 5.74) is 0.739. The van der Waals surface area contributed by atoms with E-state index in [4.69, 9.17) is 0 Å². The zero-order valence-corrected chi connectivity index (χ0v) is 14.9. The molecule has 20 heavy (non-hydrogen) atoms. The first-order valence-electron chi connectivity index (χ1n) is 8.77. The smallest absolute Gasteiger partial charge is 0.00967 e. The molecule has 0 aromatic heterocycles. The Balaban J connectivity index is 2.68. The average Bonchev–Trinajstić information content (AvgIpc) is 2.38. The van der Waals surface area contributed by atoms with Crippen LogP contribution in [-0.4, -0.2) is 36.6 Å². The molecule has 2 heteroatoms. The van der Waals surface area contributed by atoms with Crippen molar-refractivity contribution in [2.45, 2.75) is 79.2 Å². The maximum Gasteiger partial charge on any atom is 0.00967 e. The summed E-state index contributed by atoms with van der Waals surface area (Å²) in [5.74, 6) is 0.930. The van der Waals surface area contributed by atoms with Gasteiger partial charge >= 0.3 is 0 Å². The highest BCUT2D eigenvalue weighted by atomic mass is 15.1. The standard InChI is InChI=1S/C18H38N2/c1-7-13-20(8-2)15-18(14-19-17(4,5)6)11-9-16(3)10-12-18/h16,19H,7-15H2,1-6H3. The second-order valence-electron chi connectivity index (χ2n) is 8.15. The van der Waals surface area contributed by atoms with Gasteiger partial charge in [-0.2, -0.15) is 0 Å². The highest BCUT2D eigenvalue weighted by Crippen LogP contribution is 2.39. The zero-order chi connectivity index (χ0) is 15.2. The Hall–Kier alpha value is -0.0800. The topological polar surface area (TPSA) is 15.3 Å². The van der Waals surface area contributed by atoms with Gasteiger partial charge in [0.15, 0.2) is 0 Å². The molecule has 0 amide bonds. The Morgan fingerprint density at radius 3 is 2.20 bits per heavy atom. The van der Waals surface area contributed by atoms with Gasteiger partial charge in [0, 0.05) is 18.6 Å². The molecule has 1 fully saturated rings. The summed E-state index contributed by atoms with van der Waals surface area (Å²) >= 11 is 0. The van der Waals surface area contributed by atoms with E-state index >= 15 is 0 Å². The quantitative estimate of drug-likeness (QED) is 0.749. The molecule has 0 heterocycles. The lowest BCUT2D eigenvalue weighted by molar-refractivity contribution is 0.0821. The van der Waals surface area contributed by atoms with Gasteiger partial charge < -0.3 is 10.2 Å². The summed E-state index contributed by atoms with van der Waals surface area (Å²) in [6, 6.07) is 0. The van der Waals surface area contributed by atoms with Crippen molar-refractivity contribution < 1.29 is 0 Å². The Morgan fingerprint density at radius 1 is 1.15 bits per heavy atom. The molecule has 0 radical (unpaired) electrons. The first-order valence-corrected chi connectivity index (χ1v) is 8.77. The molecule has 2 nitrogen and oxygen atoms in total. The van der Waals surface area contributed by atoms with Crippen LogP contribution in [0, 0.1) is 11.3 Å². The average molecular weight is 283 g/mol. The number of hydrogen-bond acceptors (Lipinski definition) is 2. The number of hydrogen-bond donors (Lipinski definition) is 1. The molecular formula is C18H38N2. The largest absolute Gasteiger partial charge is 0.311 e. The maximum absolute atomic E-state index is 3.79. The van der Waals surface area contributed by atoms with Gasteiger partial charge in [-0.05, 0) is 64.5 Å². The monoisotopic (exact) mass is 282 g/mol. The van der Waals surface area contributed by atoms with Gasteiger partial charge in [-0.15, -0.1) is 0 Å². The Kier molecular flexibility index (Phi) is 7.00. The highest BCUT2D eigenvalue weighted by Gasteiger charge is 2.36. The van der Waals surface area contributed by atoms with Crippen LogP contribution in [0.25, 0.3) is 0 Å². The van der Waals surface area contributed by atoms with Crippen LogP contribution in [0.15, 0.2) is 0 Å². The third-order valence-electron chi connectivity index (χ3n) is 4.87. The van der Waals surface area contributed by atoms with Gasteiger partial charge in [0.25, 0.3) is 0 Å². The minimum absolute atomic E-state index is 0.234. The molecule has 0 aromatic rings. The Bertz CT molecular complexity index is 259. The molecule has 0 aromatic carbocycles. The molecule has 0 unspecified atom stereocenters. The van der Waals surface area contributed by atoms with E-state index in [0.717, 1.165) is 5.92 Å². The van der Waals surface area contributed by atoms with Crippen molar-refractivity contribution in [3.8, 4) is 0 Å². The summed E-state index contributed by atoms with van der Waals surface area (Å²) in [5, 5.41) is 3.79. The number of rotatable bonds is 7. The van der Waals surface area contributed by atoms with Crippen molar-refractivity contribution in [3.63, 3.8) is 0 Å². The second-order valence-corrected chi connectivity index (χ2v) is 8.15. The first kappa shape index (κ1) is 18.0. The van der Waals surface area contributed by atoms with Crippen molar-refractivity contribution in [1.82, 2.24) is 10.2 Å². The fourth-order valence-electron chi connectivity index (χ4n) is 3.36. The molecule has 1 aliphatic carbocycles. The van der Waals surface area contributed by atoms with Gasteiger partial charge in [0.2, 0.25) is 0 Å². The zero-order valence-electron chi connectivity index (χ0n) is 14.9. The summed E-state index contributed by atoms with van der Waals surface area (Å²) in [4.78, 5) is 2.67. The lowest BCUT2D eigenvalue weighted by Crippen LogP contribution is -2.50. The van der Waals surface area contributed by atoms with Gasteiger partial charge in [-0.1, -0.05) is 33.6 Å². The molecule has 1 aliphatic rings. The van der Waals surface area contributed by atoms with E-state index in [1.807, 2.05) is 0 Å². The van der Waals surface area contributed by atoms with Crippen LogP contribution >= 0.6 is 0 Å². The lowest BCUT2D eigenvalue weighted by Gasteiger charge is -2.44. The third kappa shape index (κ3) is 6.13. The lowest BCUT2D eigenvalue weighted by atomic mass is 9.70. The summed E-state index contributed by atoms with van der Waals surface area (Å²) in [6.07, 6.45) is 6.90. The van der Waals surface area contributed by atoms with Crippen LogP contribution in [0.2, 0.25) is 0 Å². The molecule has 0 saturated heterocycles. The number of nitrogens with zero attached hydrogens (tertiary/aromatic N) is 1. The van der Waals surface area contributed by atoms with Crippen LogP contribution in [-0.2, 0) is 0 Å². The van der Waals surface area contributed by atoms with Crippen molar-refractivity contribution in [3.05, 3.63) is 0 Å². The Labute approximate surface area is 127 Å². The van der Waals surface area contributed by atoms with Gasteiger partial charge in [-0.3, -0.25) is 0 Å². The van der Waals surface area contributed by atoms with Crippen LogP contribution in [0.5, 0.6) is 0 Å². The highest BCUT2D eigenvalue weighted by molar-refractivity contribution is 4.91.